The normalized spacial score (nSPS) is 15.9. The molecule has 0 atom stereocenters. The molecule has 110 valence electrons. The summed E-state index contributed by atoms with van der Waals surface area (Å²) in [4.78, 5) is 12.1. The molecule has 1 aliphatic rings. The van der Waals surface area contributed by atoms with E-state index in [2.05, 4.69) is 10.5 Å². The largest absolute Gasteiger partial charge is 0.350 e. The van der Waals surface area contributed by atoms with Gasteiger partial charge in [0.2, 0.25) is 5.76 Å². The highest BCUT2D eigenvalue weighted by atomic mass is 19.1. The van der Waals surface area contributed by atoms with E-state index in [1.807, 2.05) is 0 Å². The van der Waals surface area contributed by atoms with E-state index in [9.17, 15) is 9.18 Å². The molecule has 1 aliphatic carbocycles. The molecule has 0 spiro atoms. The smallest absolute Gasteiger partial charge is 0.290 e. The maximum Gasteiger partial charge on any atom is 0.290 e. The standard InChI is InChI=1S/C16H17FN2O2/c17-12-6-4-5-11(9-12)14-10-15(21-19-14)16(20)18-13-7-2-1-3-8-13/h4-6,9-10,13H,1-3,7-8H2,(H,18,20). The highest BCUT2D eigenvalue weighted by Crippen LogP contribution is 2.21. The van der Waals surface area contributed by atoms with Crippen molar-refractivity contribution in [2.45, 2.75) is 38.1 Å². The molecule has 1 aromatic carbocycles. The number of nitrogens with one attached hydrogen (secondary N) is 1. The van der Waals surface area contributed by atoms with Gasteiger partial charge in [-0.25, -0.2) is 4.39 Å². The Morgan fingerprint density at radius 1 is 1.24 bits per heavy atom. The van der Waals surface area contributed by atoms with Crippen LogP contribution in [0.5, 0.6) is 0 Å². The van der Waals surface area contributed by atoms with Gasteiger partial charge in [0.1, 0.15) is 11.5 Å². The van der Waals surface area contributed by atoms with Crippen LogP contribution < -0.4 is 5.32 Å². The van der Waals surface area contributed by atoms with Gasteiger partial charge >= 0.3 is 0 Å². The summed E-state index contributed by atoms with van der Waals surface area (Å²) in [5.41, 5.74) is 1.05. The number of nitrogens with zero attached hydrogens (tertiary/aromatic N) is 1. The molecule has 4 nitrogen and oxygen atoms in total. The lowest BCUT2D eigenvalue weighted by atomic mass is 9.95. The first-order valence-electron chi connectivity index (χ1n) is 7.26. The van der Waals surface area contributed by atoms with E-state index in [-0.39, 0.29) is 23.5 Å². The molecule has 21 heavy (non-hydrogen) atoms. The number of carbonyl (C=O) groups is 1. The van der Waals surface area contributed by atoms with E-state index in [0.29, 0.717) is 11.3 Å². The molecule has 3 rings (SSSR count). The quantitative estimate of drug-likeness (QED) is 0.939. The van der Waals surface area contributed by atoms with E-state index in [4.69, 9.17) is 4.52 Å². The summed E-state index contributed by atoms with van der Waals surface area (Å²) in [5.74, 6) is -0.430. The van der Waals surface area contributed by atoms with Crippen LogP contribution in [0.1, 0.15) is 42.7 Å². The van der Waals surface area contributed by atoms with Gasteiger partial charge in [-0.15, -0.1) is 0 Å². The molecule has 0 saturated heterocycles. The monoisotopic (exact) mass is 288 g/mol. The van der Waals surface area contributed by atoms with E-state index >= 15 is 0 Å². The lowest BCUT2D eigenvalue weighted by Crippen LogP contribution is -2.35. The van der Waals surface area contributed by atoms with Gasteiger partial charge in [0.15, 0.2) is 0 Å². The van der Waals surface area contributed by atoms with Gasteiger partial charge in [0, 0.05) is 17.7 Å². The number of hydrogen-bond acceptors (Lipinski definition) is 3. The Morgan fingerprint density at radius 3 is 2.81 bits per heavy atom. The van der Waals surface area contributed by atoms with Crippen molar-refractivity contribution in [1.29, 1.82) is 0 Å². The topological polar surface area (TPSA) is 55.1 Å². The van der Waals surface area contributed by atoms with Gasteiger partial charge in [-0.1, -0.05) is 36.6 Å². The van der Waals surface area contributed by atoms with Gasteiger partial charge in [-0.2, -0.15) is 0 Å². The Balaban J connectivity index is 1.70. The zero-order chi connectivity index (χ0) is 14.7. The van der Waals surface area contributed by atoms with Crippen molar-refractivity contribution in [3.8, 4) is 11.3 Å². The van der Waals surface area contributed by atoms with E-state index in [1.54, 1.807) is 18.2 Å². The Bertz CT molecular complexity index is 633. The SMILES string of the molecule is O=C(NC1CCCCC1)c1cc(-c2cccc(F)c2)no1. The molecule has 0 bridgehead atoms. The van der Waals surface area contributed by atoms with E-state index < -0.39 is 0 Å². The molecular formula is C16H17FN2O2. The number of hydrogen-bond donors (Lipinski definition) is 1. The zero-order valence-corrected chi connectivity index (χ0v) is 11.6. The predicted molar refractivity (Wildman–Crippen MR) is 76.2 cm³/mol. The first-order chi connectivity index (χ1) is 10.2. The molecule has 1 saturated carbocycles. The van der Waals surface area contributed by atoms with Crippen LogP contribution in [0.15, 0.2) is 34.9 Å². The van der Waals surface area contributed by atoms with Crippen molar-refractivity contribution in [3.05, 3.63) is 41.9 Å². The number of halogens is 1. The summed E-state index contributed by atoms with van der Waals surface area (Å²) >= 11 is 0. The molecule has 5 heteroatoms. The lowest BCUT2D eigenvalue weighted by molar-refractivity contribution is 0.0890. The van der Waals surface area contributed by atoms with Gasteiger partial charge in [-0.3, -0.25) is 4.79 Å². The Kier molecular flexibility index (Phi) is 3.99. The predicted octanol–water partition coefficient (Wildman–Crippen LogP) is 3.54. The maximum absolute atomic E-state index is 13.2. The minimum atomic E-state index is -0.344. The van der Waals surface area contributed by atoms with Gasteiger partial charge in [0.05, 0.1) is 0 Å². The average Bonchev–Trinajstić information content (AvgIpc) is 2.98. The summed E-state index contributed by atoms with van der Waals surface area (Å²) in [7, 11) is 0. The van der Waals surface area contributed by atoms with E-state index in [1.165, 1.54) is 18.6 Å². The van der Waals surface area contributed by atoms with Crippen molar-refractivity contribution >= 4 is 5.91 Å². The minimum absolute atomic E-state index is 0.167. The van der Waals surface area contributed by atoms with Gasteiger partial charge in [-0.05, 0) is 25.0 Å². The second kappa shape index (κ2) is 6.08. The maximum atomic E-state index is 13.2. The molecule has 0 unspecified atom stereocenters. The third kappa shape index (κ3) is 3.29. The number of rotatable bonds is 3. The molecule has 0 radical (unpaired) electrons. The van der Waals surface area contributed by atoms with Crippen LogP contribution in [0.3, 0.4) is 0 Å². The number of amides is 1. The molecule has 1 N–H and O–H groups in total. The summed E-state index contributed by atoms with van der Waals surface area (Å²) < 4.78 is 18.3. The summed E-state index contributed by atoms with van der Waals surface area (Å²) in [6.07, 6.45) is 5.55. The first-order valence-corrected chi connectivity index (χ1v) is 7.26. The van der Waals surface area contributed by atoms with Crippen LogP contribution in [-0.4, -0.2) is 17.1 Å². The van der Waals surface area contributed by atoms with Gasteiger partial charge in [0.25, 0.3) is 5.91 Å². The van der Waals surface area contributed by atoms with Gasteiger partial charge < -0.3 is 9.84 Å². The minimum Gasteiger partial charge on any atom is -0.350 e. The zero-order valence-electron chi connectivity index (χ0n) is 11.6. The third-order valence-corrected chi connectivity index (χ3v) is 3.79. The highest BCUT2D eigenvalue weighted by molar-refractivity contribution is 5.92. The summed E-state index contributed by atoms with van der Waals surface area (Å²) in [6, 6.07) is 7.81. The van der Waals surface area contributed by atoms with Crippen molar-refractivity contribution < 1.29 is 13.7 Å². The number of aromatic nitrogens is 1. The van der Waals surface area contributed by atoms with Crippen molar-refractivity contribution in [1.82, 2.24) is 10.5 Å². The van der Waals surface area contributed by atoms with Crippen LogP contribution in [0, 0.1) is 5.82 Å². The Labute approximate surface area is 122 Å². The van der Waals surface area contributed by atoms with Crippen molar-refractivity contribution in [3.63, 3.8) is 0 Å². The highest BCUT2D eigenvalue weighted by Gasteiger charge is 2.20. The summed E-state index contributed by atoms with van der Waals surface area (Å²) in [6.45, 7) is 0. The molecule has 1 aromatic heterocycles. The number of carbonyl (C=O) groups excluding carboxylic acids is 1. The third-order valence-electron chi connectivity index (χ3n) is 3.79. The second-order valence-electron chi connectivity index (χ2n) is 5.40. The fourth-order valence-electron chi connectivity index (χ4n) is 2.67. The average molecular weight is 288 g/mol. The Hall–Kier alpha value is -2.17. The molecule has 1 heterocycles. The van der Waals surface area contributed by atoms with E-state index in [0.717, 1.165) is 25.7 Å². The summed E-state index contributed by atoms with van der Waals surface area (Å²) in [5, 5.41) is 6.80. The van der Waals surface area contributed by atoms with Crippen LogP contribution in [0.2, 0.25) is 0 Å². The lowest BCUT2D eigenvalue weighted by Gasteiger charge is -2.21. The number of benzene rings is 1. The molecule has 1 amide bonds. The Morgan fingerprint density at radius 2 is 2.05 bits per heavy atom. The van der Waals surface area contributed by atoms with Crippen molar-refractivity contribution in [2.24, 2.45) is 0 Å². The van der Waals surface area contributed by atoms with Crippen LogP contribution in [0.25, 0.3) is 11.3 Å². The molecular weight excluding hydrogens is 271 g/mol. The molecule has 1 fully saturated rings. The van der Waals surface area contributed by atoms with Crippen LogP contribution >= 0.6 is 0 Å². The first kappa shape index (κ1) is 13.8. The second-order valence-corrected chi connectivity index (χ2v) is 5.40. The fraction of sp³-hybridized carbons (Fsp3) is 0.375. The van der Waals surface area contributed by atoms with Crippen LogP contribution in [0.4, 0.5) is 4.39 Å². The van der Waals surface area contributed by atoms with Crippen molar-refractivity contribution in [2.75, 3.05) is 0 Å². The molecule has 2 aromatic rings. The molecule has 0 aliphatic heterocycles. The fourth-order valence-corrected chi connectivity index (χ4v) is 2.67. The van der Waals surface area contributed by atoms with Crippen LogP contribution in [-0.2, 0) is 0 Å².